The Kier molecular flexibility index (Phi) is 2.74. The summed E-state index contributed by atoms with van der Waals surface area (Å²) in [6.45, 7) is 4.12. The number of anilines is 1. The highest BCUT2D eigenvalue weighted by atomic mass is 16.2. The lowest BCUT2D eigenvalue weighted by molar-refractivity contribution is 0.0926. The minimum atomic E-state index is 0.0816. The van der Waals surface area contributed by atoms with Crippen LogP contribution in [0.4, 0.5) is 5.69 Å². The van der Waals surface area contributed by atoms with Gasteiger partial charge >= 0.3 is 0 Å². The summed E-state index contributed by atoms with van der Waals surface area (Å²) >= 11 is 0. The number of hydrogen-bond donors (Lipinski definition) is 2. The van der Waals surface area contributed by atoms with E-state index in [9.17, 15) is 4.79 Å². The Hall–Kier alpha value is -1.55. The zero-order valence-electron chi connectivity index (χ0n) is 11.9. The molecule has 2 N–H and O–H groups in total. The molecule has 2 atom stereocenters. The summed E-state index contributed by atoms with van der Waals surface area (Å²) in [6.07, 6.45) is 3.70. The summed E-state index contributed by atoms with van der Waals surface area (Å²) in [4.78, 5) is 14.7. The zero-order chi connectivity index (χ0) is 13.7. The standard InChI is InChI=1S/C16H21N3O/c1-10-9-19-14-8-12(11-2-3-11)4-5-13(14)16(20)18-15(19)6-7-17-10/h4-5,8,10-11,15,17H,2-3,6-7,9H2,1H3,(H,18,20)/t10-,15-/m1/s1. The molecule has 3 aliphatic rings. The summed E-state index contributed by atoms with van der Waals surface area (Å²) in [5.74, 6) is 0.810. The lowest BCUT2D eigenvalue weighted by Crippen LogP contribution is -2.53. The molecule has 106 valence electrons. The summed E-state index contributed by atoms with van der Waals surface area (Å²) in [6, 6.07) is 6.86. The normalized spacial score (nSPS) is 29.2. The Morgan fingerprint density at radius 3 is 2.90 bits per heavy atom. The highest BCUT2D eigenvalue weighted by Gasteiger charge is 2.34. The first-order chi connectivity index (χ1) is 9.72. The molecule has 1 aromatic rings. The van der Waals surface area contributed by atoms with Crippen LogP contribution in [-0.2, 0) is 0 Å². The third kappa shape index (κ3) is 1.99. The largest absolute Gasteiger partial charge is 0.349 e. The van der Waals surface area contributed by atoms with Gasteiger partial charge in [-0.05, 0) is 56.3 Å². The second-order valence-corrected chi connectivity index (χ2v) is 6.34. The highest BCUT2D eigenvalue weighted by Crippen LogP contribution is 2.42. The van der Waals surface area contributed by atoms with Crippen LogP contribution < -0.4 is 15.5 Å². The van der Waals surface area contributed by atoms with Crippen molar-refractivity contribution in [1.82, 2.24) is 10.6 Å². The maximum absolute atomic E-state index is 12.3. The molecule has 2 aliphatic heterocycles. The van der Waals surface area contributed by atoms with Crippen molar-refractivity contribution in [1.29, 1.82) is 0 Å². The molecule has 1 aromatic carbocycles. The van der Waals surface area contributed by atoms with Gasteiger partial charge in [-0.3, -0.25) is 4.79 Å². The number of nitrogens with zero attached hydrogens (tertiary/aromatic N) is 1. The molecule has 0 bridgehead atoms. The van der Waals surface area contributed by atoms with E-state index in [1.165, 1.54) is 18.4 Å². The molecule has 1 saturated heterocycles. The van der Waals surface area contributed by atoms with Gasteiger partial charge in [0, 0.05) is 12.6 Å². The predicted octanol–water partition coefficient (Wildman–Crippen LogP) is 1.82. The van der Waals surface area contributed by atoms with E-state index in [-0.39, 0.29) is 12.1 Å². The van der Waals surface area contributed by atoms with Crippen molar-refractivity contribution in [2.75, 3.05) is 18.0 Å². The van der Waals surface area contributed by atoms with Crippen LogP contribution in [0.5, 0.6) is 0 Å². The maximum Gasteiger partial charge on any atom is 0.254 e. The fraction of sp³-hybridized carbons (Fsp3) is 0.562. The van der Waals surface area contributed by atoms with Gasteiger partial charge in [-0.25, -0.2) is 0 Å². The van der Waals surface area contributed by atoms with Crippen molar-refractivity contribution in [2.45, 2.75) is 44.3 Å². The molecule has 1 aliphatic carbocycles. The fourth-order valence-corrected chi connectivity index (χ4v) is 3.40. The first kappa shape index (κ1) is 12.2. The molecule has 4 rings (SSSR count). The number of hydrogen-bond acceptors (Lipinski definition) is 3. The highest BCUT2D eigenvalue weighted by molar-refractivity contribution is 6.02. The van der Waals surface area contributed by atoms with Gasteiger partial charge in [0.2, 0.25) is 0 Å². The predicted molar refractivity (Wildman–Crippen MR) is 79.1 cm³/mol. The van der Waals surface area contributed by atoms with Crippen LogP contribution in [0.25, 0.3) is 0 Å². The van der Waals surface area contributed by atoms with Crippen LogP contribution >= 0.6 is 0 Å². The Balaban J connectivity index is 1.77. The molecule has 0 spiro atoms. The van der Waals surface area contributed by atoms with E-state index in [2.05, 4.69) is 34.6 Å². The van der Waals surface area contributed by atoms with E-state index in [0.717, 1.165) is 36.7 Å². The van der Waals surface area contributed by atoms with Crippen molar-refractivity contribution < 1.29 is 4.79 Å². The second-order valence-electron chi connectivity index (χ2n) is 6.34. The van der Waals surface area contributed by atoms with Gasteiger partial charge in [-0.1, -0.05) is 6.07 Å². The van der Waals surface area contributed by atoms with Crippen LogP contribution in [0.2, 0.25) is 0 Å². The van der Waals surface area contributed by atoms with Gasteiger partial charge in [0.25, 0.3) is 5.91 Å². The first-order valence-electron chi connectivity index (χ1n) is 7.67. The van der Waals surface area contributed by atoms with E-state index in [0.29, 0.717) is 6.04 Å². The Bertz CT molecular complexity index is 553. The quantitative estimate of drug-likeness (QED) is 0.819. The summed E-state index contributed by atoms with van der Waals surface area (Å²) < 4.78 is 0. The Morgan fingerprint density at radius 2 is 2.10 bits per heavy atom. The van der Waals surface area contributed by atoms with E-state index in [4.69, 9.17) is 0 Å². The van der Waals surface area contributed by atoms with Crippen molar-refractivity contribution in [2.24, 2.45) is 0 Å². The SMILES string of the molecule is C[C@@H]1CN2c3cc(C4CC4)ccc3C(=O)N[C@H]2CCN1. The lowest BCUT2D eigenvalue weighted by atomic mass is 10.0. The van der Waals surface area contributed by atoms with Crippen molar-refractivity contribution >= 4 is 11.6 Å². The third-order valence-corrected chi connectivity index (χ3v) is 4.68. The molecule has 0 aromatic heterocycles. The average Bonchev–Trinajstić information content (AvgIpc) is 3.26. The minimum Gasteiger partial charge on any atom is -0.349 e. The molecule has 0 unspecified atom stereocenters. The number of fused-ring (bicyclic) bond motifs is 3. The monoisotopic (exact) mass is 271 g/mol. The van der Waals surface area contributed by atoms with Crippen LogP contribution in [0.3, 0.4) is 0 Å². The number of rotatable bonds is 1. The third-order valence-electron chi connectivity index (χ3n) is 4.68. The molecule has 1 saturated carbocycles. The van der Waals surface area contributed by atoms with Gasteiger partial charge in [0.15, 0.2) is 0 Å². The molecular weight excluding hydrogens is 250 g/mol. The van der Waals surface area contributed by atoms with Gasteiger partial charge in [-0.15, -0.1) is 0 Å². The summed E-state index contributed by atoms with van der Waals surface area (Å²) in [5.41, 5.74) is 3.38. The topological polar surface area (TPSA) is 44.4 Å². The van der Waals surface area contributed by atoms with Crippen LogP contribution in [0.1, 0.15) is 48.0 Å². The molecule has 0 radical (unpaired) electrons. The van der Waals surface area contributed by atoms with Crippen LogP contribution in [-0.4, -0.2) is 31.2 Å². The molecule has 2 heterocycles. The van der Waals surface area contributed by atoms with E-state index >= 15 is 0 Å². The smallest absolute Gasteiger partial charge is 0.254 e. The van der Waals surface area contributed by atoms with Crippen molar-refractivity contribution in [3.63, 3.8) is 0 Å². The van der Waals surface area contributed by atoms with E-state index in [1.807, 2.05) is 6.07 Å². The first-order valence-corrected chi connectivity index (χ1v) is 7.67. The number of benzene rings is 1. The average molecular weight is 271 g/mol. The molecule has 2 fully saturated rings. The van der Waals surface area contributed by atoms with Gasteiger partial charge in [0.05, 0.1) is 11.3 Å². The number of nitrogens with one attached hydrogen (secondary N) is 2. The zero-order valence-corrected chi connectivity index (χ0v) is 11.9. The maximum atomic E-state index is 12.3. The second kappa shape index (κ2) is 4.48. The molecule has 20 heavy (non-hydrogen) atoms. The fourth-order valence-electron chi connectivity index (χ4n) is 3.40. The van der Waals surface area contributed by atoms with Gasteiger partial charge in [0.1, 0.15) is 6.17 Å². The molecular formula is C16H21N3O. The van der Waals surface area contributed by atoms with Crippen LogP contribution in [0.15, 0.2) is 18.2 Å². The number of amides is 1. The van der Waals surface area contributed by atoms with Gasteiger partial charge < -0.3 is 15.5 Å². The summed E-state index contributed by atoms with van der Waals surface area (Å²) in [7, 11) is 0. The van der Waals surface area contributed by atoms with Gasteiger partial charge in [-0.2, -0.15) is 0 Å². The van der Waals surface area contributed by atoms with E-state index in [1.54, 1.807) is 0 Å². The van der Waals surface area contributed by atoms with Crippen molar-refractivity contribution in [3.05, 3.63) is 29.3 Å². The van der Waals surface area contributed by atoms with E-state index < -0.39 is 0 Å². The number of carbonyl (C=O) groups excluding carboxylic acids is 1. The molecule has 4 nitrogen and oxygen atoms in total. The molecule has 4 heteroatoms. The Morgan fingerprint density at radius 1 is 1.25 bits per heavy atom. The minimum absolute atomic E-state index is 0.0816. The Labute approximate surface area is 119 Å². The van der Waals surface area contributed by atoms with Crippen LogP contribution in [0, 0.1) is 0 Å². The lowest BCUT2D eigenvalue weighted by Gasteiger charge is -2.38. The summed E-state index contributed by atoms with van der Waals surface area (Å²) in [5, 5.41) is 6.65. The number of carbonyl (C=O) groups is 1. The van der Waals surface area contributed by atoms with Crippen molar-refractivity contribution in [3.8, 4) is 0 Å². The molecule has 1 amide bonds.